The Hall–Kier alpha value is -0.920. The van der Waals surface area contributed by atoms with Gasteiger partial charge in [0.1, 0.15) is 4.90 Å². The molecule has 0 unspecified atom stereocenters. The molecule has 0 aliphatic carbocycles. The number of hydrogen-bond acceptors (Lipinski definition) is 4. The van der Waals surface area contributed by atoms with Gasteiger partial charge in [-0.1, -0.05) is 13.8 Å². The van der Waals surface area contributed by atoms with Gasteiger partial charge in [-0.2, -0.15) is 9.40 Å². The number of nitrogens with zero attached hydrogens (tertiary/aromatic N) is 3. The third kappa shape index (κ3) is 3.09. The second-order valence-electron chi connectivity index (χ2n) is 4.22. The molecule has 7 heteroatoms. The first-order valence-corrected chi connectivity index (χ1v) is 7.61. The molecule has 0 atom stereocenters. The standard InChI is InChI=1S/C11H22N4O2S/c1-4-10(5-2)14(3)18(16,17)11-8-13-15(9-11)7-6-12/h8-10H,4-7,12H2,1-3H3. The minimum absolute atomic E-state index is 0.0212. The van der Waals surface area contributed by atoms with Crippen LogP contribution in [0.2, 0.25) is 0 Å². The molecule has 104 valence electrons. The highest BCUT2D eigenvalue weighted by atomic mass is 32.2. The first kappa shape index (κ1) is 15.1. The van der Waals surface area contributed by atoms with Crippen molar-refractivity contribution in [1.29, 1.82) is 0 Å². The topological polar surface area (TPSA) is 81.2 Å². The van der Waals surface area contributed by atoms with Crippen molar-refractivity contribution in [3.05, 3.63) is 12.4 Å². The molecule has 0 aliphatic rings. The Morgan fingerprint density at radius 2 is 2.06 bits per heavy atom. The van der Waals surface area contributed by atoms with Gasteiger partial charge in [-0.25, -0.2) is 8.42 Å². The van der Waals surface area contributed by atoms with Crippen LogP contribution >= 0.6 is 0 Å². The van der Waals surface area contributed by atoms with Crippen LogP contribution in [0.1, 0.15) is 26.7 Å². The van der Waals surface area contributed by atoms with E-state index >= 15 is 0 Å². The summed E-state index contributed by atoms with van der Waals surface area (Å²) in [6.45, 7) is 4.92. The SMILES string of the molecule is CCC(CC)N(C)S(=O)(=O)c1cnn(CCN)c1. The van der Waals surface area contributed by atoms with Crippen molar-refractivity contribution in [3.8, 4) is 0 Å². The van der Waals surface area contributed by atoms with Crippen LogP contribution < -0.4 is 5.73 Å². The molecule has 0 spiro atoms. The molecule has 6 nitrogen and oxygen atoms in total. The van der Waals surface area contributed by atoms with Crippen LogP contribution in [-0.4, -0.2) is 42.1 Å². The largest absolute Gasteiger partial charge is 0.329 e. The fourth-order valence-corrected chi connectivity index (χ4v) is 3.36. The molecule has 1 heterocycles. The zero-order chi connectivity index (χ0) is 13.8. The van der Waals surface area contributed by atoms with E-state index in [1.807, 2.05) is 13.8 Å². The van der Waals surface area contributed by atoms with E-state index in [1.54, 1.807) is 11.7 Å². The van der Waals surface area contributed by atoms with Gasteiger partial charge in [-0.3, -0.25) is 4.68 Å². The van der Waals surface area contributed by atoms with E-state index in [0.29, 0.717) is 13.1 Å². The predicted molar refractivity (Wildman–Crippen MR) is 70.6 cm³/mol. The highest BCUT2D eigenvalue weighted by Crippen LogP contribution is 2.18. The molecule has 2 N–H and O–H groups in total. The van der Waals surface area contributed by atoms with Crippen molar-refractivity contribution in [2.24, 2.45) is 5.73 Å². The third-order valence-electron chi connectivity index (χ3n) is 3.10. The summed E-state index contributed by atoms with van der Waals surface area (Å²) in [5.74, 6) is 0. The molecule has 1 rings (SSSR count). The lowest BCUT2D eigenvalue weighted by Crippen LogP contribution is -2.36. The Balaban J connectivity index is 2.97. The summed E-state index contributed by atoms with van der Waals surface area (Å²) in [5, 5.41) is 4.00. The smallest absolute Gasteiger partial charge is 0.246 e. The van der Waals surface area contributed by atoms with Crippen molar-refractivity contribution in [2.45, 2.75) is 44.2 Å². The quantitative estimate of drug-likeness (QED) is 0.791. The van der Waals surface area contributed by atoms with E-state index < -0.39 is 10.0 Å². The number of nitrogens with two attached hydrogens (primary N) is 1. The fraction of sp³-hybridized carbons (Fsp3) is 0.727. The van der Waals surface area contributed by atoms with Gasteiger partial charge >= 0.3 is 0 Å². The van der Waals surface area contributed by atoms with Gasteiger partial charge < -0.3 is 5.73 Å². The summed E-state index contributed by atoms with van der Waals surface area (Å²) in [7, 11) is -1.83. The second-order valence-corrected chi connectivity index (χ2v) is 6.22. The normalized spacial score (nSPS) is 12.6. The Bertz CT molecular complexity index is 465. The van der Waals surface area contributed by atoms with E-state index in [4.69, 9.17) is 5.73 Å². The first-order valence-electron chi connectivity index (χ1n) is 6.17. The summed E-state index contributed by atoms with van der Waals surface area (Å²) in [5.41, 5.74) is 5.41. The van der Waals surface area contributed by atoms with Crippen molar-refractivity contribution < 1.29 is 8.42 Å². The predicted octanol–water partition coefficient (Wildman–Crippen LogP) is 0.651. The summed E-state index contributed by atoms with van der Waals surface area (Å²) < 4.78 is 27.7. The molecule has 0 radical (unpaired) electrons. The molecule has 0 saturated heterocycles. The summed E-state index contributed by atoms with van der Waals surface area (Å²) >= 11 is 0. The molecule has 0 amide bonds. The average molecular weight is 274 g/mol. The van der Waals surface area contributed by atoms with Crippen LogP contribution in [0.3, 0.4) is 0 Å². The van der Waals surface area contributed by atoms with Crippen molar-refractivity contribution >= 4 is 10.0 Å². The minimum Gasteiger partial charge on any atom is -0.329 e. The van der Waals surface area contributed by atoms with Crippen LogP contribution in [0.4, 0.5) is 0 Å². The van der Waals surface area contributed by atoms with Crippen LogP contribution in [0.15, 0.2) is 17.3 Å². The van der Waals surface area contributed by atoms with Gasteiger partial charge in [-0.15, -0.1) is 0 Å². The molecule has 18 heavy (non-hydrogen) atoms. The monoisotopic (exact) mass is 274 g/mol. The maximum absolute atomic E-state index is 12.4. The summed E-state index contributed by atoms with van der Waals surface area (Å²) in [6.07, 6.45) is 4.50. The van der Waals surface area contributed by atoms with Crippen LogP contribution in [0.25, 0.3) is 0 Å². The van der Waals surface area contributed by atoms with Gasteiger partial charge in [0.05, 0.1) is 12.7 Å². The van der Waals surface area contributed by atoms with E-state index in [0.717, 1.165) is 12.8 Å². The third-order valence-corrected chi connectivity index (χ3v) is 4.96. The Morgan fingerprint density at radius 1 is 1.44 bits per heavy atom. The van der Waals surface area contributed by atoms with Gasteiger partial charge in [0, 0.05) is 25.8 Å². The van der Waals surface area contributed by atoms with E-state index in [-0.39, 0.29) is 10.9 Å². The lowest BCUT2D eigenvalue weighted by atomic mass is 10.2. The zero-order valence-corrected chi connectivity index (χ0v) is 12.0. The molecular weight excluding hydrogens is 252 g/mol. The number of aromatic nitrogens is 2. The molecule has 0 aromatic carbocycles. The maximum atomic E-state index is 12.4. The van der Waals surface area contributed by atoms with Crippen LogP contribution in [0, 0.1) is 0 Å². The lowest BCUT2D eigenvalue weighted by Gasteiger charge is -2.24. The van der Waals surface area contributed by atoms with Crippen LogP contribution in [-0.2, 0) is 16.6 Å². The number of hydrogen-bond donors (Lipinski definition) is 1. The van der Waals surface area contributed by atoms with Crippen molar-refractivity contribution in [3.63, 3.8) is 0 Å². The first-order chi connectivity index (χ1) is 8.47. The second kappa shape index (κ2) is 6.31. The number of rotatable bonds is 7. The average Bonchev–Trinajstić information content (AvgIpc) is 2.80. The molecular formula is C11H22N4O2S. The zero-order valence-electron chi connectivity index (χ0n) is 11.2. The highest BCUT2D eigenvalue weighted by Gasteiger charge is 2.27. The van der Waals surface area contributed by atoms with Gasteiger partial charge in [0.25, 0.3) is 0 Å². The Kier molecular flexibility index (Phi) is 5.30. The van der Waals surface area contributed by atoms with E-state index in [9.17, 15) is 8.42 Å². The minimum atomic E-state index is -3.45. The van der Waals surface area contributed by atoms with E-state index in [1.165, 1.54) is 16.7 Å². The van der Waals surface area contributed by atoms with E-state index in [2.05, 4.69) is 5.10 Å². The fourth-order valence-electron chi connectivity index (χ4n) is 1.90. The van der Waals surface area contributed by atoms with Gasteiger partial charge in [0.2, 0.25) is 10.0 Å². The molecule has 1 aromatic rings. The number of sulfonamides is 1. The maximum Gasteiger partial charge on any atom is 0.246 e. The lowest BCUT2D eigenvalue weighted by molar-refractivity contribution is 0.349. The van der Waals surface area contributed by atoms with Crippen LogP contribution in [0.5, 0.6) is 0 Å². The Morgan fingerprint density at radius 3 is 2.56 bits per heavy atom. The van der Waals surface area contributed by atoms with Gasteiger partial charge in [-0.05, 0) is 12.8 Å². The molecule has 0 aliphatic heterocycles. The van der Waals surface area contributed by atoms with Crippen molar-refractivity contribution in [2.75, 3.05) is 13.6 Å². The van der Waals surface area contributed by atoms with Gasteiger partial charge in [0.15, 0.2) is 0 Å². The Labute approximate surface area is 109 Å². The van der Waals surface area contributed by atoms with Crippen molar-refractivity contribution in [1.82, 2.24) is 14.1 Å². The summed E-state index contributed by atoms with van der Waals surface area (Å²) in [4.78, 5) is 0.227. The molecule has 0 fully saturated rings. The molecule has 0 bridgehead atoms. The summed E-state index contributed by atoms with van der Waals surface area (Å²) in [6, 6.07) is 0.0212. The molecule has 1 aromatic heterocycles. The molecule has 0 saturated carbocycles. The highest BCUT2D eigenvalue weighted by molar-refractivity contribution is 7.89.